The molecule has 1 saturated carbocycles. The van der Waals surface area contributed by atoms with Crippen molar-refractivity contribution in [3.05, 3.63) is 29.8 Å². The third kappa shape index (κ3) is 3.37. The van der Waals surface area contributed by atoms with Gasteiger partial charge in [-0.25, -0.2) is 0 Å². The largest absolute Gasteiger partial charge is 0.494 e. The Hall–Kier alpha value is -1.31. The van der Waals surface area contributed by atoms with Crippen LogP contribution in [0.25, 0.3) is 0 Å². The van der Waals surface area contributed by atoms with Crippen LogP contribution in [0.1, 0.15) is 50.4 Å². The van der Waals surface area contributed by atoms with Crippen LogP contribution < -0.4 is 4.74 Å². The number of ketones is 1. The van der Waals surface area contributed by atoms with Crippen LogP contribution in [0.15, 0.2) is 24.3 Å². The molecule has 1 aromatic carbocycles. The Morgan fingerprint density at radius 1 is 1.26 bits per heavy atom. The molecule has 0 spiro atoms. The van der Waals surface area contributed by atoms with Crippen molar-refractivity contribution in [1.29, 1.82) is 0 Å². The topological polar surface area (TPSA) is 26.3 Å². The summed E-state index contributed by atoms with van der Waals surface area (Å²) in [4.78, 5) is 12.6. The van der Waals surface area contributed by atoms with E-state index in [0.29, 0.717) is 18.3 Å². The second-order valence-corrected chi connectivity index (χ2v) is 5.79. The molecule has 0 radical (unpaired) electrons. The SMILES string of the molecule is CCOc1cccc(C(=O)C2CCC(C)C(C)C2)c1. The zero-order valence-corrected chi connectivity index (χ0v) is 12.2. The molecule has 0 amide bonds. The lowest BCUT2D eigenvalue weighted by molar-refractivity contribution is 0.0837. The van der Waals surface area contributed by atoms with Crippen LogP contribution in [0, 0.1) is 17.8 Å². The molecule has 3 unspecified atom stereocenters. The number of carbonyl (C=O) groups is 1. The maximum Gasteiger partial charge on any atom is 0.166 e. The fraction of sp³-hybridized carbons (Fsp3) is 0.588. The summed E-state index contributed by atoms with van der Waals surface area (Å²) < 4.78 is 5.47. The van der Waals surface area contributed by atoms with Crippen molar-refractivity contribution in [1.82, 2.24) is 0 Å². The number of carbonyl (C=O) groups excluding carboxylic acids is 1. The highest BCUT2D eigenvalue weighted by Crippen LogP contribution is 2.35. The number of ether oxygens (including phenoxy) is 1. The lowest BCUT2D eigenvalue weighted by Crippen LogP contribution is -2.26. The molecule has 0 bridgehead atoms. The lowest BCUT2D eigenvalue weighted by Gasteiger charge is -2.31. The first-order valence-electron chi connectivity index (χ1n) is 7.39. The van der Waals surface area contributed by atoms with E-state index in [9.17, 15) is 4.79 Å². The standard InChI is InChI=1S/C17H24O2/c1-4-19-16-7-5-6-14(11-16)17(18)15-9-8-12(2)13(3)10-15/h5-7,11-13,15H,4,8-10H2,1-3H3. The third-order valence-electron chi connectivity index (χ3n) is 4.40. The first-order chi connectivity index (χ1) is 9.11. The summed E-state index contributed by atoms with van der Waals surface area (Å²) in [5, 5.41) is 0. The van der Waals surface area contributed by atoms with E-state index in [4.69, 9.17) is 4.74 Å². The Labute approximate surface area is 116 Å². The monoisotopic (exact) mass is 260 g/mol. The molecule has 0 saturated heterocycles. The molecular formula is C17H24O2. The Morgan fingerprint density at radius 3 is 2.74 bits per heavy atom. The molecule has 0 aromatic heterocycles. The minimum Gasteiger partial charge on any atom is -0.494 e. The summed E-state index contributed by atoms with van der Waals surface area (Å²) >= 11 is 0. The molecule has 0 N–H and O–H groups in total. The molecule has 2 heteroatoms. The van der Waals surface area contributed by atoms with E-state index in [-0.39, 0.29) is 5.92 Å². The Balaban J connectivity index is 2.09. The van der Waals surface area contributed by atoms with Gasteiger partial charge in [-0.1, -0.05) is 26.0 Å². The molecular weight excluding hydrogens is 236 g/mol. The smallest absolute Gasteiger partial charge is 0.166 e. The predicted molar refractivity (Wildman–Crippen MR) is 77.6 cm³/mol. The van der Waals surface area contributed by atoms with Crippen LogP contribution in [0.4, 0.5) is 0 Å². The summed E-state index contributed by atoms with van der Waals surface area (Å²) in [7, 11) is 0. The molecule has 3 atom stereocenters. The second kappa shape index (κ2) is 6.23. The average Bonchev–Trinajstić information content (AvgIpc) is 2.42. The van der Waals surface area contributed by atoms with Crippen LogP contribution in [0.2, 0.25) is 0 Å². The minimum atomic E-state index is 0.197. The summed E-state index contributed by atoms with van der Waals surface area (Å²) in [6.07, 6.45) is 3.23. The molecule has 1 aliphatic rings. The van der Waals surface area contributed by atoms with Gasteiger partial charge in [0, 0.05) is 11.5 Å². The molecule has 2 rings (SSSR count). The van der Waals surface area contributed by atoms with Gasteiger partial charge in [0.25, 0.3) is 0 Å². The van der Waals surface area contributed by atoms with E-state index in [2.05, 4.69) is 13.8 Å². The third-order valence-corrected chi connectivity index (χ3v) is 4.40. The van der Waals surface area contributed by atoms with E-state index in [0.717, 1.165) is 30.1 Å². The van der Waals surface area contributed by atoms with Crippen molar-refractivity contribution >= 4 is 5.78 Å². The summed E-state index contributed by atoms with van der Waals surface area (Å²) in [5.74, 6) is 2.69. The van der Waals surface area contributed by atoms with Gasteiger partial charge in [0.15, 0.2) is 5.78 Å². The molecule has 0 heterocycles. The summed E-state index contributed by atoms with van der Waals surface area (Å²) in [6, 6.07) is 7.61. The summed E-state index contributed by atoms with van der Waals surface area (Å²) in [5.41, 5.74) is 0.803. The maximum absolute atomic E-state index is 12.6. The highest BCUT2D eigenvalue weighted by molar-refractivity contribution is 5.98. The first-order valence-corrected chi connectivity index (χ1v) is 7.39. The van der Waals surface area contributed by atoms with Gasteiger partial charge in [0.1, 0.15) is 5.75 Å². The van der Waals surface area contributed by atoms with Crippen molar-refractivity contribution in [2.24, 2.45) is 17.8 Å². The van der Waals surface area contributed by atoms with Crippen LogP contribution in [0.5, 0.6) is 5.75 Å². The van der Waals surface area contributed by atoms with Gasteiger partial charge in [-0.2, -0.15) is 0 Å². The number of Topliss-reactive ketones (excluding diaryl/α,β-unsaturated/α-hetero) is 1. The fourth-order valence-electron chi connectivity index (χ4n) is 2.93. The van der Waals surface area contributed by atoms with Crippen LogP contribution in [-0.4, -0.2) is 12.4 Å². The number of hydrogen-bond acceptors (Lipinski definition) is 2. The van der Waals surface area contributed by atoms with E-state index in [1.165, 1.54) is 6.42 Å². The van der Waals surface area contributed by atoms with Crippen molar-refractivity contribution in [3.63, 3.8) is 0 Å². The van der Waals surface area contributed by atoms with E-state index in [1.54, 1.807) is 0 Å². The molecule has 2 nitrogen and oxygen atoms in total. The van der Waals surface area contributed by atoms with Gasteiger partial charge < -0.3 is 4.74 Å². The van der Waals surface area contributed by atoms with Crippen LogP contribution in [0.3, 0.4) is 0 Å². The van der Waals surface area contributed by atoms with Gasteiger partial charge >= 0.3 is 0 Å². The van der Waals surface area contributed by atoms with E-state index in [1.807, 2.05) is 31.2 Å². The molecule has 104 valence electrons. The molecule has 19 heavy (non-hydrogen) atoms. The van der Waals surface area contributed by atoms with Gasteiger partial charge in [-0.15, -0.1) is 0 Å². The Kier molecular flexibility index (Phi) is 4.62. The number of benzene rings is 1. The van der Waals surface area contributed by atoms with E-state index < -0.39 is 0 Å². The van der Waals surface area contributed by atoms with Crippen molar-refractivity contribution in [2.75, 3.05) is 6.61 Å². The number of rotatable bonds is 4. The molecule has 1 aliphatic carbocycles. The van der Waals surface area contributed by atoms with E-state index >= 15 is 0 Å². The zero-order chi connectivity index (χ0) is 13.8. The quantitative estimate of drug-likeness (QED) is 0.753. The highest BCUT2D eigenvalue weighted by Gasteiger charge is 2.29. The highest BCUT2D eigenvalue weighted by atomic mass is 16.5. The zero-order valence-electron chi connectivity index (χ0n) is 12.2. The van der Waals surface area contributed by atoms with Gasteiger partial charge in [-0.3, -0.25) is 4.79 Å². The van der Waals surface area contributed by atoms with Crippen molar-refractivity contribution < 1.29 is 9.53 Å². The minimum absolute atomic E-state index is 0.197. The van der Waals surface area contributed by atoms with Gasteiger partial charge in [0.2, 0.25) is 0 Å². The van der Waals surface area contributed by atoms with Gasteiger partial charge in [-0.05, 0) is 50.2 Å². The maximum atomic E-state index is 12.6. The van der Waals surface area contributed by atoms with Crippen LogP contribution >= 0.6 is 0 Å². The molecule has 1 fully saturated rings. The van der Waals surface area contributed by atoms with Crippen LogP contribution in [-0.2, 0) is 0 Å². The fourth-order valence-corrected chi connectivity index (χ4v) is 2.93. The Bertz CT molecular complexity index is 439. The normalized spacial score (nSPS) is 27.0. The molecule has 1 aromatic rings. The number of hydrogen-bond donors (Lipinski definition) is 0. The van der Waals surface area contributed by atoms with Crippen molar-refractivity contribution in [3.8, 4) is 5.75 Å². The molecule has 0 aliphatic heterocycles. The lowest BCUT2D eigenvalue weighted by atomic mass is 9.73. The van der Waals surface area contributed by atoms with Gasteiger partial charge in [0.05, 0.1) is 6.61 Å². The Morgan fingerprint density at radius 2 is 2.05 bits per heavy atom. The van der Waals surface area contributed by atoms with Crippen molar-refractivity contribution in [2.45, 2.75) is 40.0 Å². The summed E-state index contributed by atoms with van der Waals surface area (Å²) in [6.45, 7) is 7.15. The average molecular weight is 260 g/mol. The second-order valence-electron chi connectivity index (χ2n) is 5.79. The first kappa shape index (κ1) is 14.1. The predicted octanol–water partition coefficient (Wildman–Crippen LogP) is 4.34.